The van der Waals surface area contributed by atoms with Crippen LogP contribution < -0.4 is 4.74 Å². The number of rotatable bonds is 1. The lowest BCUT2D eigenvalue weighted by Crippen LogP contribution is -2.02. The van der Waals surface area contributed by atoms with Crippen LogP contribution >= 0.6 is 11.3 Å². The number of benzene rings is 1. The topological polar surface area (TPSA) is 9.23 Å². The average molecular weight is 214 g/mol. The fraction of sp³-hybridized carbons (Fsp3) is 0.0769. The van der Waals surface area contributed by atoms with Crippen LogP contribution in [0.25, 0.3) is 5.76 Å². The van der Waals surface area contributed by atoms with Crippen molar-refractivity contribution >= 4 is 17.1 Å². The van der Waals surface area contributed by atoms with Gasteiger partial charge in [0.25, 0.3) is 0 Å². The first-order chi connectivity index (χ1) is 7.43. The van der Waals surface area contributed by atoms with Crippen LogP contribution in [0.1, 0.15) is 11.1 Å². The van der Waals surface area contributed by atoms with E-state index in [1.807, 2.05) is 18.2 Å². The van der Waals surface area contributed by atoms with E-state index < -0.39 is 0 Å². The number of hydrogen-bond donors (Lipinski definition) is 0. The Morgan fingerprint density at radius 3 is 2.93 bits per heavy atom. The summed E-state index contributed by atoms with van der Waals surface area (Å²) in [6.45, 7) is 0. The van der Waals surface area contributed by atoms with E-state index in [1.54, 1.807) is 11.3 Å². The van der Waals surface area contributed by atoms with Crippen molar-refractivity contribution in [2.24, 2.45) is 0 Å². The number of ether oxygens (including phenoxy) is 1. The van der Waals surface area contributed by atoms with Crippen LogP contribution in [-0.2, 0) is 6.42 Å². The molecule has 1 aliphatic heterocycles. The molecule has 0 N–H and O–H groups in total. The van der Waals surface area contributed by atoms with Gasteiger partial charge in [-0.1, -0.05) is 18.2 Å². The molecule has 2 heteroatoms. The zero-order valence-electron chi connectivity index (χ0n) is 8.14. The van der Waals surface area contributed by atoms with Gasteiger partial charge in [-0.05, 0) is 35.6 Å². The molecule has 1 aromatic carbocycles. The molecule has 1 aliphatic rings. The van der Waals surface area contributed by atoms with Gasteiger partial charge in [-0.25, -0.2) is 0 Å². The standard InChI is InChI=1S/C13H10OS/c1-2-4-12-10(3-1)5-6-13(14-12)11-7-8-15-9-11/h1-4,6-9H,5H2. The Bertz CT molecular complexity index is 497. The van der Waals surface area contributed by atoms with E-state index in [9.17, 15) is 0 Å². The second kappa shape index (κ2) is 3.55. The maximum Gasteiger partial charge on any atom is 0.131 e. The van der Waals surface area contributed by atoms with Gasteiger partial charge < -0.3 is 4.74 Å². The SMILES string of the molecule is C1=C(c2ccsc2)Oc2ccccc2C1. The fourth-order valence-corrected chi connectivity index (χ4v) is 2.36. The third-order valence-electron chi connectivity index (χ3n) is 2.51. The van der Waals surface area contributed by atoms with E-state index in [2.05, 4.69) is 29.0 Å². The molecule has 74 valence electrons. The van der Waals surface area contributed by atoms with Crippen LogP contribution in [0.3, 0.4) is 0 Å². The summed E-state index contributed by atoms with van der Waals surface area (Å²) in [5.41, 5.74) is 2.44. The minimum atomic E-state index is 0.960. The Balaban J connectivity index is 1.96. The summed E-state index contributed by atoms with van der Waals surface area (Å²) in [7, 11) is 0. The van der Waals surface area contributed by atoms with Crippen molar-refractivity contribution < 1.29 is 4.74 Å². The number of allylic oxidation sites excluding steroid dienone is 1. The van der Waals surface area contributed by atoms with Gasteiger partial charge in [0.05, 0.1) is 0 Å². The Labute approximate surface area is 92.6 Å². The lowest BCUT2D eigenvalue weighted by Gasteiger charge is -2.17. The highest BCUT2D eigenvalue weighted by molar-refractivity contribution is 7.08. The predicted molar refractivity (Wildman–Crippen MR) is 63.1 cm³/mol. The minimum Gasteiger partial charge on any atom is -0.457 e. The van der Waals surface area contributed by atoms with Crippen molar-refractivity contribution in [1.29, 1.82) is 0 Å². The van der Waals surface area contributed by atoms with Crippen LogP contribution in [0.4, 0.5) is 0 Å². The Morgan fingerprint density at radius 1 is 1.13 bits per heavy atom. The van der Waals surface area contributed by atoms with Crippen LogP contribution in [0.5, 0.6) is 5.75 Å². The summed E-state index contributed by atoms with van der Waals surface area (Å²) in [6, 6.07) is 10.3. The Hall–Kier alpha value is -1.54. The van der Waals surface area contributed by atoms with Crippen molar-refractivity contribution in [3.05, 3.63) is 58.3 Å². The molecule has 2 heterocycles. The van der Waals surface area contributed by atoms with Gasteiger partial charge in [-0.15, -0.1) is 0 Å². The van der Waals surface area contributed by atoms with Gasteiger partial charge in [0.2, 0.25) is 0 Å². The molecule has 0 aliphatic carbocycles. The van der Waals surface area contributed by atoms with Gasteiger partial charge in [0, 0.05) is 10.9 Å². The summed E-state index contributed by atoms with van der Waals surface area (Å²) in [6.07, 6.45) is 3.10. The molecule has 0 bridgehead atoms. The maximum atomic E-state index is 5.84. The highest BCUT2D eigenvalue weighted by Crippen LogP contribution is 2.30. The quantitative estimate of drug-likeness (QED) is 0.703. The zero-order chi connectivity index (χ0) is 10.1. The predicted octanol–water partition coefficient (Wildman–Crippen LogP) is 3.72. The van der Waals surface area contributed by atoms with Crippen molar-refractivity contribution in [2.75, 3.05) is 0 Å². The van der Waals surface area contributed by atoms with E-state index in [-0.39, 0.29) is 0 Å². The second-order valence-corrected chi connectivity index (χ2v) is 4.27. The Morgan fingerprint density at radius 2 is 2.07 bits per heavy atom. The van der Waals surface area contributed by atoms with E-state index in [0.29, 0.717) is 0 Å². The number of fused-ring (bicyclic) bond motifs is 1. The van der Waals surface area contributed by atoms with E-state index >= 15 is 0 Å². The lowest BCUT2D eigenvalue weighted by molar-refractivity contribution is 0.499. The molecule has 0 spiro atoms. The summed E-state index contributed by atoms with van der Waals surface area (Å²) in [5.74, 6) is 1.97. The van der Waals surface area contributed by atoms with Crippen LogP contribution in [0, 0.1) is 0 Å². The third kappa shape index (κ3) is 1.57. The molecule has 0 saturated heterocycles. The van der Waals surface area contributed by atoms with Gasteiger partial charge in [-0.2, -0.15) is 11.3 Å². The largest absolute Gasteiger partial charge is 0.457 e. The molecule has 15 heavy (non-hydrogen) atoms. The van der Waals surface area contributed by atoms with Crippen molar-refractivity contribution in [2.45, 2.75) is 6.42 Å². The molecule has 0 atom stereocenters. The average Bonchev–Trinajstić information content (AvgIpc) is 2.82. The number of hydrogen-bond acceptors (Lipinski definition) is 2. The van der Waals surface area contributed by atoms with Crippen molar-refractivity contribution in [1.82, 2.24) is 0 Å². The molecule has 2 aromatic rings. The van der Waals surface area contributed by atoms with Gasteiger partial charge in [-0.3, -0.25) is 0 Å². The first-order valence-corrected chi connectivity index (χ1v) is 5.86. The van der Waals surface area contributed by atoms with Crippen molar-refractivity contribution in [3.63, 3.8) is 0 Å². The van der Waals surface area contributed by atoms with Gasteiger partial charge >= 0.3 is 0 Å². The Kier molecular flexibility index (Phi) is 2.07. The molecule has 0 amide bonds. The lowest BCUT2D eigenvalue weighted by atomic mass is 10.1. The maximum absolute atomic E-state index is 5.84. The van der Waals surface area contributed by atoms with E-state index in [4.69, 9.17) is 4.74 Å². The molecular formula is C13H10OS. The molecule has 1 nitrogen and oxygen atoms in total. The van der Waals surface area contributed by atoms with E-state index in [1.165, 1.54) is 11.1 Å². The van der Waals surface area contributed by atoms with Crippen LogP contribution in [0.2, 0.25) is 0 Å². The summed E-state index contributed by atoms with van der Waals surface area (Å²) in [5, 5.41) is 4.18. The van der Waals surface area contributed by atoms with Gasteiger partial charge in [0.15, 0.2) is 0 Å². The van der Waals surface area contributed by atoms with Crippen molar-refractivity contribution in [3.8, 4) is 5.75 Å². The first-order valence-electron chi connectivity index (χ1n) is 4.92. The molecule has 0 fully saturated rings. The minimum absolute atomic E-state index is 0.960. The number of para-hydroxylation sites is 1. The summed E-state index contributed by atoms with van der Waals surface area (Å²) >= 11 is 1.69. The summed E-state index contributed by atoms with van der Waals surface area (Å²) in [4.78, 5) is 0. The monoisotopic (exact) mass is 214 g/mol. The molecule has 0 saturated carbocycles. The first kappa shape index (κ1) is 8.74. The zero-order valence-corrected chi connectivity index (χ0v) is 8.96. The molecule has 0 unspecified atom stereocenters. The van der Waals surface area contributed by atoms with Crippen LogP contribution in [-0.4, -0.2) is 0 Å². The van der Waals surface area contributed by atoms with E-state index in [0.717, 1.165) is 17.9 Å². The fourth-order valence-electron chi connectivity index (χ4n) is 1.72. The number of thiophene rings is 1. The molecule has 1 aromatic heterocycles. The molecule has 0 radical (unpaired) electrons. The summed E-state index contributed by atoms with van der Waals surface area (Å²) < 4.78 is 5.84. The smallest absolute Gasteiger partial charge is 0.131 e. The third-order valence-corrected chi connectivity index (χ3v) is 3.19. The van der Waals surface area contributed by atoms with Crippen LogP contribution in [0.15, 0.2) is 47.2 Å². The second-order valence-electron chi connectivity index (χ2n) is 3.49. The normalized spacial score (nSPS) is 14.0. The molecular weight excluding hydrogens is 204 g/mol. The highest BCUT2D eigenvalue weighted by atomic mass is 32.1. The van der Waals surface area contributed by atoms with Gasteiger partial charge in [0.1, 0.15) is 11.5 Å². The highest BCUT2D eigenvalue weighted by Gasteiger charge is 2.12. The molecule has 3 rings (SSSR count).